The van der Waals surface area contributed by atoms with E-state index in [0.717, 1.165) is 110 Å². The summed E-state index contributed by atoms with van der Waals surface area (Å²) >= 11 is 0. The van der Waals surface area contributed by atoms with Crippen molar-refractivity contribution in [3.8, 4) is 0 Å². The van der Waals surface area contributed by atoms with Crippen LogP contribution in [0.15, 0.2) is 39.9 Å². The average molecular weight is 1590 g/mol. The Labute approximate surface area is 612 Å². The molecule has 0 heterocycles. The molecule has 8 N–H and O–H groups in total. The summed E-state index contributed by atoms with van der Waals surface area (Å²) in [6, 6.07) is 0.541. The van der Waals surface area contributed by atoms with Gasteiger partial charge in [0.15, 0.2) is 0 Å². The molecule has 4 atom stereocenters. The molecule has 0 aromatic carbocycles. The minimum atomic E-state index is -0.760. The number of aliphatic imine (C=N–C) groups is 8. The molecule has 0 bridgehead atoms. The van der Waals surface area contributed by atoms with E-state index in [4.69, 9.17) is 5.11 Å². The molecule has 0 rings (SSSR count). The maximum atomic E-state index is 9.71. The first kappa shape index (κ1) is 128. The fourth-order valence-corrected chi connectivity index (χ4v) is 4.37. The molecule has 0 aliphatic rings. The molecule has 16 nitrogen and oxygen atoms in total. The van der Waals surface area contributed by atoms with Crippen LogP contribution >= 0.6 is 0 Å². The molecule has 86 heavy (non-hydrogen) atoms. The number of nitrogens with zero attached hydrogens (tertiary/aromatic N) is 8. The van der Waals surface area contributed by atoms with Gasteiger partial charge >= 0.3 is 0 Å². The summed E-state index contributed by atoms with van der Waals surface area (Å²) in [5.74, 6) is 0. The molecule has 0 aromatic heterocycles. The van der Waals surface area contributed by atoms with Crippen LogP contribution in [-0.4, -0.2) is 184 Å². The van der Waals surface area contributed by atoms with Crippen molar-refractivity contribution in [1.82, 2.24) is 0 Å². The Morgan fingerprint density at radius 2 is 0.488 bits per heavy atom. The van der Waals surface area contributed by atoms with Gasteiger partial charge in [-0.25, -0.2) is 0 Å². The van der Waals surface area contributed by atoms with Crippen molar-refractivity contribution in [2.24, 2.45) is 39.9 Å². The summed E-state index contributed by atoms with van der Waals surface area (Å²) in [4.78, 5) is 32.9. The van der Waals surface area contributed by atoms with Gasteiger partial charge in [0, 0.05) is 232 Å². The fraction of sp³-hybridized carbons (Fsp3) is 0.871. The molecule has 24 heteroatoms. The van der Waals surface area contributed by atoms with Gasteiger partial charge in [-0.3, -0.25) is 39.9 Å². The summed E-state index contributed by atoms with van der Waals surface area (Å²) in [6.45, 7) is 62.9. The van der Waals surface area contributed by atoms with Crippen molar-refractivity contribution < 1.29 is 175 Å². The largest absolute Gasteiger partial charge is 0.385 e. The predicted octanol–water partition coefficient (Wildman–Crippen LogP) is 12.2. The summed E-state index contributed by atoms with van der Waals surface area (Å²) in [7, 11) is 3.37. The van der Waals surface area contributed by atoms with E-state index in [9.17, 15) is 35.7 Å². The van der Waals surface area contributed by atoms with Crippen LogP contribution in [0.4, 0.5) is 0 Å². The van der Waals surface area contributed by atoms with Crippen LogP contribution in [0.25, 0.3) is 0 Å². The molecule has 0 aromatic rings. The third-order valence-corrected chi connectivity index (χ3v) is 12.9. The van der Waals surface area contributed by atoms with Crippen molar-refractivity contribution in [2.75, 3.05) is 40.3 Å². The summed E-state index contributed by atoms with van der Waals surface area (Å²) in [6.07, 6.45) is 4.96. The Morgan fingerprint density at radius 3 is 0.651 bits per heavy atom. The fourth-order valence-electron chi connectivity index (χ4n) is 4.37. The van der Waals surface area contributed by atoms with Gasteiger partial charge in [0.05, 0.1) is 44.8 Å². The standard InChI is InChI=1S/2C9H19NO.3C8H17NO.2C7H15NO.C6H13NO.8Co/c1-6-9(5,11)8(4)10-7(2)3;1-5-7-10-8(3)9(4,11)6-2;1-6(2)9-7(3)8(4,5)10;1-5-6-9-7(2)8(3,4)10;1-5-8(4,10)7(3)9-6-2;1-5-7(3,9)6(2)8-4;1-5-8-6(2)7(3,4)9;1-5(7-4)6(2,3)8;;;;;;;;/h7,11H,6H2,1-5H3;11H,5-7H2,1-4H3;6,10H,1-5H3;2*10H,5-6H2,1-4H3;2*9H,5H2,1-4H3;8H,1-4H3;;;;;;;;. The Hall–Kier alpha value is 1.09. The molecule has 0 saturated heterocycles. The van der Waals surface area contributed by atoms with Crippen LogP contribution in [0.3, 0.4) is 0 Å². The number of hydrogen-bond donors (Lipinski definition) is 8. The first-order valence-corrected chi connectivity index (χ1v) is 28.6. The van der Waals surface area contributed by atoms with Crippen molar-refractivity contribution in [3.63, 3.8) is 0 Å². The number of rotatable bonds is 20. The van der Waals surface area contributed by atoms with E-state index in [1.54, 1.807) is 97.2 Å². The second kappa shape index (κ2) is 66.1. The van der Waals surface area contributed by atoms with Crippen LogP contribution in [0, 0.1) is 0 Å². The monoisotopic (exact) mass is 1590 g/mol. The zero-order valence-electron chi connectivity index (χ0n) is 60.0. The maximum Gasteiger partial charge on any atom is 0.0989 e. The van der Waals surface area contributed by atoms with Gasteiger partial charge in [-0.15, -0.1) is 0 Å². The predicted molar refractivity (Wildman–Crippen MR) is 347 cm³/mol. The molecule has 4 unspecified atom stereocenters. The van der Waals surface area contributed by atoms with E-state index < -0.39 is 44.8 Å². The zero-order chi connectivity index (χ0) is 64.5. The first-order valence-electron chi connectivity index (χ1n) is 28.6. The molecular formula is C62H132Co8N8O8. The van der Waals surface area contributed by atoms with Gasteiger partial charge in [-0.05, 0) is 219 Å². The van der Waals surface area contributed by atoms with Gasteiger partial charge in [0.25, 0.3) is 0 Å². The van der Waals surface area contributed by atoms with E-state index in [0.29, 0.717) is 0 Å². The van der Waals surface area contributed by atoms with Crippen molar-refractivity contribution in [1.29, 1.82) is 0 Å². The zero-order valence-corrected chi connectivity index (χ0v) is 68.4. The van der Waals surface area contributed by atoms with Crippen molar-refractivity contribution in [3.05, 3.63) is 0 Å². The molecular weight excluding hydrogens is 1460 g/mol. The Bertz CT molecular complexity index is 1800. The molecule has 540 valence electrons. The molecule has 0 aliphatic carbocycles. The Balaban J connectivity index is -0.0000000460. The van der Waals surface area contributed by atoms with E-state index in [-0.39, 0.29) is 146 Å². The van der Waals surface area contributed by atoms with Crippen LogP contribution in [0.2, 0.25) is 0 Å². The molecule has 0 amide bonds. The topological polar surface area (TPSA) is 261 Å². The number of aliphatic hydroxyl groups is 8. The van der Waals surface area contributed by atoms with E-state index >= 15 is 0 Å². The van der Waals surface area contributed by atoms with E-state index in [2.05, 4.69) is 53.8 Å². The van der Waals surface area contributed by atoms with Gasteiger partial charge in [-0.2, -0.15) is 0 Å². The van der Waals surface area contributed by atoms with Gasteiger partial charge < -0.3 is 40.9 Å². The van der Waals surface area contributed by atoms with Gasteiger partial charge in [0.1, 0.15) is 0 Å². The van der Waals surface area contributed by atoms with Gasteiger partial charge in [0.2, 0.25) is 0 Å². The quantitative estimate of drug-likeness (QED) is 0.0542. The molecule has 8 radical (unpaired) electrons. The van der Waals surface area contributed by atoms with Crippen LogP contribution in [-0.2, 0) is 134 Å². The second-order valence-corrected chi connectivity index (χ2v) is 23.0. The Kier molecular flexibility index (Phi) is 98.2. The van der Waals surface area contributed by atoms with E-state index in [1.165, 1.54) is 0 Å². The smallest absolute Gasteiger partial charge is 0.0989 e. The average Bonchev–Trinajstić information content (AvgIpc) is 3.31. The second-order valence-electron chi connectivity index (χ2n) is 23.0. The van der Waals surface area contributed by atoms with Crippen LogP contribution in [0.1, 0.15) is 260 Å². The number of hydrogen-bond acceptors (Lipinski definition) is 16. The summed E-state index contributed by atoms with van der Waals surface area (Å²) < 4.78 is 0. The third kappa shape index (κ3) is 79.3. The first-order chi connectivity index (χ1) is 34.8. The third-order valence-electron chi connectivity index (χ3n) is 12.9. The SMILES string of the molecule is CC(=NC(C)C)C(C)(C)O.CCC(C)(O)C(C)=NC.CCC(C)(O)C(C)=NC(C)C.CCCN=C(C)C(C)(C)O.CCCN=C(C)C(C)(O)CC.CCN=C(C)C(C)(C)O.CCN=C(C)C(C)(O)CC.CN=C(C)C(C)(C)O.[Co].[Co].[Co].[Co].[Co].[Co].[Co].[Co]. The normalized spacial score (nSPS) is 15.0. The molecule has 0 fully saturated rings. The van der Waals surface area contributed by atoms with Gasteiger partial charge in [-0.1, -0.05) is 41.5 Å². The van der Waals surface area contributed by atoms with E-state index in [1.807, 2.05) is 125 Å². The van der Waals surface area contributed by atoms with Crippen molar-refractivity contribution >= 4 is 45.7 Å². The maximum absolute atomic E-state index is 9.71. The molecule has 0 spiro atoms. The molecule has 0 aliphatic heterocycles. The van der Waals surface area contributed by atoms with Crippen molar-refractivity contribution in [2.45, 2.75) is 317 Å². The Morgan fingerprint density at radius 1 is 0.291 bits per heavy atom. The summed E-state index contributed by atoms with van der Waals surface area (Å²) in [5.41, 5.74) is 0.674. The van der Waals surface area contributed by atoms with Crippen LogP contribution < -0.4 is 0 Å². The molecule has 0 saturated carbocycles. The summed E-state index contributed by atoms with van der Waals surface area (Å²) in [5, 5.41) is 75.7. The minimum Gasteiger partial charge on any atom is -0.385 e. The minimum absolute atomic E-state index is 0. The van der Waals surface area contributed by atoms with Crippen LogP contribution in [0.5, 0.6) is 0 Å².